The number of rotatable bonds is 7. The molecule has 0 spiro atoms. The zero-order chi connectivity index (χ0) is 15.3. The molecule has 0 radical (unpaired) electrons. The SMILES string of the molecule is CCNCc1ccc(NS(=O)(=O)c2ccc(CC)s2)cc1. The van der Waals surface area contributed by atoms with Crippen LogP contribution >= 0.6 is 11.3 Å². The van der Waals surface area contributed by atoms with Gasteiger partial charge in [-0.15, -0.1) is 11.3 Å². The number of hydrogen-bond donors (Lipinski definition) is 2. The second-order valence-electron chi connectivity index (χ2n) is 4.66. The molecule has 0 amide bonds. The summed E-state index contributed by atoms with van der Waals surface area (Å²) in [4.78, 5) is 1.07. The van der Waals surface area contributed by atoms with Crippen molar-refractivity contribution in [3.63, 3.8) is 0 Å². The first-order chi connectivity index (χ1) is 10.0. The number of sulfonamides is 1. The molecule has 114 valence electrons. The maximum atomic E-state index is 12.3. The molecule has 0 aliphatic carbocycles. The number of aryl methyl sites for hydroxylation is 1. The zero-order valence-corrected chi connectivity index (χ0v) is 13.9. The molecule has 0 fully saturated rings. The Hall–Kier alpha value is -1.37. The quantitative estimate of drug-likeness (QED) is 0.822. The molecule has 0 saturated heterocycles. The monoisotopic (exact) mass is 324 g/mol. The molecule has 0 unspecified atom stereocenters. The Morgan fingerprint density at radius 1 is 1.05 bits per heavy atom. The molecule has 1 heterocycles. The lowest BCUT2D eigenvalue weighted by atomic mass is 10.2. The van der Waals surface area contributed by atoms with Gasteiger partial charge in [0.15, 0.2) is 0 Å². The number of anilines is 1. The van der Waals surface area contributed by atoms with Gasteiger partial charge < -0.3 is 5.32 Å². The predicted molar refractivity (Wildman–Crippen MR) is 88.3 cm³/mol. The first kappa shape index (κ1) is 16.0. The highest BCUT2D eigenvalue weighted by Crippen LogP contribution is 2.24. The van der Waals surface area contributed by atoms with Gasteiger partial charge in [-0.2, -0.15) is 0 Å². The highest BCUT2D eigenvalue weighted by atomic mass is 32.2. The topological polar surface area (TPSA) is 58.2 Å². The number of hydrogen-bond acceptors (Lipinski definition) is 4. The fraction of sp³-hybridized carbons (Fsp3) is 0.333. The van der Waals surface area contributed by atoms with Crippen LogP contribution in [0.1, 0.15) is 24.3 Å². The molecule has 6 heteroatoms. The van der Waals surface area contributed by atoms with Gasteiger partial charge in [0.1, 0.15) is 4.21 Å². The van der Waals surface area contributed by atoms with E-state index in [-0.39, 0.29) is 0 Å². The minimum atomic E-state index is -3.48. The van der Waals surface area contributed by atoms with Crippen LogP contribution in [0.2, 0.25) is 0 Å². The third-order valence-corrected chi connectivity index (χ3v) is 6.14. The van der Waals surface area contributed by atoms with Crippen molar-refractivity contribution in [3.8, 4) is 0 Å². The normalized spacial score (nSPS) is 11.5. The smallest absolute Gasteiger partial charge is 0.271 e. The number of benzene rings is 1. The van der Waals surface area contributed by atoms with Crippen LogP contribution in [0.3, 0.4) is 0 Å². The van der Waals surface area contributed by atoms with Crippen molar-refractivity contribution in [1.29, 1.82) is 0 Å². The fourth-order valence-electron chi connectivity index (χ4n) is 1.86. The summed E-state index contributed by atoms with van der Waals surface area (Å²) in [5.41, 5.74) is 1.71. The second-order valence-corrected chi connectivity index (χ2v) is 7.73. The molecular weight excluding hydrogens is 304 g/mol. The van der Waals surface area contributed by atoms with Gasteiger partial charge in [-0.3, -0.25) is 4.72 Å². The molecule has 0 aliphatic rings. The zero-order valence-electron chi connectivity index (χ0n) is 12.2. The highest BCUT2D eigenvalue weighted by Gasteiger charge is 2.16. The van der Waals surface area contributed by atoms with Crippen molar-refractivity contribution in [2.24, 2.45) is 0 Å². The summed E-state index contributed by atoms with van der Waals surface area (Å²) in [5.74, 6) is 0. The second kappa shape index (κ2) is 7.06. The molecule has 0 atom stereocenters. The minimum Gasteiger partial charge on any atom is -0.313 e. The van der Waals surface area contributed by atoms with E-state index in [0.29, 0.717) is 9.90 Å². The van der Waals surface area contributed by atoms with Crippen molar-refractivity contribution in [1.82, 2.24) is 5.32 Å². The van der Waals surface area contributed by atoms with Crippen molar-refractivity contribution in [2.45, 2.75) is 31.0 Å². The standard InChI is InChI=1S/C15H20N2O2S2/c1-3-14-9-10-15(20-14)21(18,19)17-13-7-5-12(6-8-13)11-16-4-2/h5-10,16-17H,3-4,11H2,1-2H3. The Morgan fingerprint density at radius 3 is 2.33 bits per heavy atom. The summed E-state index contributed by atoms with van der Waals surface area (Å²) in [6.07, 6.45) is 0.847. The molecule has 0 aliphatic heterocycles. The van der Waals surface area contributed by atoms with Crippen LogP contribution in [0.4, 0.5) is 5.69 Å². The molecule has 0 bridgehead atoms. The van der Waals surface area contributed by atoms with E-state index in [1.165, 1.54) is 11.3 Å². The predicted octanol–water partition coefficient (Wildman–Crippen LogP) is 3.22. The molecule has 0 saturated carbocycles. The molecule has 4 nitrogen and oxygen atoms in total. The van der Waals surface area contributed by atoms with Crippen molar-refractivity contribution >= 4 is 27.0 Å². The van der Waals surface area contributed by atoms with Gasteiger partial charge in [0.05, 0.1) is 0 Å². The van der Waals surface area contributed by atoms with Gasteiger partial charge in [-0.05, 0) is 42.8 Å². The van der Waals surface area contributed by atoms with Crippen LogP contribution in [0.5, 0.6) is 0 Å². The maximum absolute atomic E-state index is 12.3. The van der Waals surface area contributed by atoms with E-state index in [1.54, 1.807) is 18.2 Å². The van der Waals surface area contributed by atoms with Gasteiger partial charge in [0.25, 0.3) is 10.0 Å². The lowest BCUT2D eigenvalue weighted by Crippen LogP contribution is -2.13. The van der Waals surface area contributed by atoms with E-state index in [2.05, 4.69) is 10.0 Å². The van der Waals surface area contributed by atoms with Crippen LogP contribution in [-0.2, 0) is 23.0 Å². The Balaban J connectivity index is 2.09. The van der Waals surface area contributed by atoms with Gasteiger partial charge in [-0.1, -0.05) is 26.0 Å². The van der Waals surface area contributed by atoms with E-state index >= 15 is 0 Å². The van der Waals surface area contributed by atoms with Gasteiger partial charge in [-0.25, -0.2) is 8.42 Å². The van der Waals surface area contributed by atoms with Crippen LogP contribution in [-0.4, -0.2) is 15.0 Å². The lowest BCUT2D eigenvalue weighted by molar-refractivity contribution is 0.603. The maximum Gasteiger partial charge on any atom is 0.271 e. The van der Waals surface area contributed by atoms with Crippen LogP contribution in [0.25, 0.3) is 0 Å². The van der Waals surface area contributed by atoms with Crippen molar-refractivity contribution in [3.05, 3.63) is 46.8 Å². The molecule has 2 aromatic rings. The van der Waals surface area contributed by atoms with Crippen LogP contribution in [0.15, 0.2) is 40.6 Å². The highest BCUT2D eigenvalue weighted by molar-refractivity contribution is 7.94. The summed E-state index contributed by atoms with van der Waals surface area (Å²) in [6.45, 7) is 5.76. The fourth-order valence-corrected chi connectivity index (χ4v) is 4.21. The van der Waals surface area contributed by atoms with E-state index in [9.17, 15) is 8.42 Å². The molecule has 21 heavy (non-hydrogen) atoms. The molecular formula is C15H20N2O2S2. The first-order valence-corrected chi connectivity index (χ1v) is 9.26. The minimum absolute atomic E-state index is 0.357. The summed E-state index contributed by atoms with van der Waals surface area (Å²) in [5, 5.41) is 3.23. The summed E-state index contributed by atoms with van der Waals surface area (Å²) >= 11 is 1.31. The van der Waals surface area contributed by atoms with E-state index in [1.807, 2.05) is 32.0 Å². The Bertz CT molecular complexity index is 676. The Kier molecular flexibility index (Phi) is 5.39. The Morgan fingerprint density at radius 2 is 1.76 bits per heavy atom. The van der Waals surface area contributed by atoms with Crippen LogP contribution in [0, 0.1) is 0 Å². The number of nitrogens with one attached hydrogen (secondary N) is 2. The average Bonchev–Trinajstić information content (AvgIpc) is 2.96. The summed E-state index contributed by atoms with van der Waals surface area (Å²) in [7, 11) is -3.48. The van der Waals surface area contributed by atoms with Gasteiger partial charge in [0, 0.05) is 17.1 Å². The van der Waals surface area contributed by atoms with E-state index in [4.69, 9.17) is 0 Å². The molecule has 2 rings (SSSR count). The molecule has 1 aromatic carbocycles. The van der Waals surface area contributed by atoms with Gasteiger partial charge >= 0.3 is 0 Å². The summed E-state index contributed by atoms with van der Waals surface area (Å²) < 4.78 is 27.5. The lowest BCUT2D eigenvalue weighted by Gasteiger charge is -2.07. The van der Waals surface area contributed by atoms with Crippen molar-refractivity contribution < 1.29 is 8.42 Å². The average molecular weight is 324 g/mol. The third-order valence-electron chi connectivity index (χ3n) is 3.04. The molecule has 2 N–H and O–H groups in total. The summed E-state index contributed by atoms with van der Waals surface area (Å²) in [6, 6.07) is 10.9. The Labute approximate surface area is 130 Å². The van der Waals surface area contributed by atoms with E-state index < -0.39 is 10.0 Å². The first-order valence-electron chi connectivity index (χ1n) is 6.96. The molecule has 1 aromatic heterocycles. The number of thiophene rings is 1. The van der Waals surface area contributed by atoms with Gasteiger partial charge in [0.2, 0.25) is 0 Å². The van der Waals surface area contributed by atoms with Crippen molar-refractivity contribution in [2.75, 3.05) is 11.3 Å². The van der Waals surface area contributed by atoms with E-state index in [0.717, 1.165) is 30.0 Å². The third kappa shape index (κ3) is 4.30. The van der Waals surface area contributed by atoms with Crippen LogP contribution < -0.4 is 10.0 Å². The largest absolute Gasteiger partial charge is 0.313 e.